The van der Waals surface area contributed by atoms with Crippen molar-refractivity contribution in [3.8, 4) is 33.6 Å². The molecule has 2 aromatic carbocycles. The summed E-state index contributed by atoms with van der Waals surface area (Å²) >= 11 is 0. The number of nitrogens with one attached hydrogen (secondary N) is 4. The van der Waals surface area contributed by atoms with Gasteiger partial charge in [-0.15, -0.1) is 0 Å². The van der Waals surface area contributed by atoms with Crippen molar-refractivity contribution in [2.45, 2.75) is 26.2 Å². The van der Waals surface area contributed by atoms with Crippen LogP contribution >= 0.6 is 0 Å². The molecule has 6 aromatic rings. The molecule has 0 bridgehead atoms. The molecule has 0 aliphatic rings. The fourth-order valence-electron chi connectivity index (χ4n) is 5.31. The van der Waals surface area contributed by atoms with Gasteiger partial charge in [0.1, 0.15) is 11.5 Å². The number of H-pyrrole nitrogens is 2. The summed E-state index contributed by atoms with van der Waals surface area (Å²) in [7, 11) is 4.01. The Balaban J connectivity index is 1.33. The van der Waals surface area contributed by atoms with Crippen LogP contribution in [0.25, 0.3) is 55.4 Å². The Hall–Kier alpha value is -5.09. The molecule has 9 nitrogen and oxygen atoms in total. The summed E-state index contributed by atoms with van der Waals surface area (Å²) in [6.45, 7) is 3.60. The third-order valence-electron chi connectivity index (χ3n) is 7.57. The highest BCUT2D eigenvalue weighted by Gasteiger charge is 2.16. The molecule has 0 aliphatic heterocycles. The van der Waals surface area contributed by atoms with Gasteiger partial charge < -0.3 is 20.5 Å². The van der Waals surface area contributed by atoms with E-state index < -0.39 is 0 Å². The predicted molar refractivity (Wildman–Crippen MR) is 175 cm³/mol. The summed E-state index contributed by atoms with van der Waals surface area (Å²) in [6.07, 6.45) is 9.28. The van der Waals surface area contributed by atoms with Crippen molar-refractivity contribution < 1.29 is 9.18 Å². The predicted octanol–water partition coefficient (Wildman–Crippen LogP) is 7.08. The van der Waals surface area contributed by atoms with Crippen molar-refractivity contribution in [2.24, 2.45) is 0 Å². The molecule has 4 N–H and O–H groups in total. The number of rotatable bonds is 11. The lowest BCUT2D eigenvalue weighted by molar-refractivity contribution is -0.116. The first-order valence-corrected chi connectivity index (χ1v) is 14.8. The first kappa shape index (κ1) is 29.0. The number of carbonyl (C=O) groups excluding carboxylic acids is 1. The number of halogens is 1. The number of anilines is 2. The summed E-state index contributed by atoms with van der Waals surface area (Å²) in [4.78, 5) is 26.6. The molecule has 1 amide bonds. The van der Waals surface area contributed by atoms with Gasteiger partial charge in [-0.2, -0.15) is 5.10 Å². The van der Waals surface area contributed by atoms with E-state index in [1.54, 1.807) is 24.8 Å². The SMILES string of the molecule is CCCCC(=O)Nc1cncc(-c2ccc3[nH]nc(-c4cc5c(-c6cc(F)cc(NCCN(C)C)c6)cncc5[nH]4)c3c2)c1. The maximum atomic E-state index is 14.7. The quantitative estimate of drug-likeness (QED) is 0.128. The fourth-order valence-corrected chi connectivity index (χ4v) is 5.31. The highest BCUT2D eigenvalue weighted by atomic mass is 19.1. The Bertz CT molecular complexity index is 1940. The summed E-state index contributed by atoms with van der Waals surface area (Å²) in [5.74, 6) is -0.325. The highest BCUT2D eigenvalue weighted by molar-refractivity contribution is 6.01. The van der Waals surface area contributed by atoms with E-state index in [0.29, 0.717) is 18.7 Å². The Labute approximate surface area is 254 Å². The normalized spacial score (nSPS) is 11.5. The van der Waals surface area contributed by atoms with Gasteiger partial charge >= 0.3 is 0 Å². The minimum atomic E-state index is -0.312. The lowest BCUT2D eigenvalue weighted by Gasteiger charge is -2.13. The standard InChI is InChI=1S/C34H35FN8O/c1-4-5-6-33(44)39-26-13-23(17-36-18-26)21-7-8-30-28(14-21)34(42-41-30)31-16-27-29(19-37-20-32(27)40-31)22-11-24(35)15-25(12-22)38-9-10-43(2)3/h7-8,11-20,38,40H,4-6,9-10H2,1-3H3,(H,39,44)(H,41,42). The third kappa shape index (κ3) is 6.30. The van der Waals surface area contributed by atoms with E-state index in [2.05, 4.69) is 53.7 Å². The number of amides is 1. The van der Waals surface area contributed by atoms with Crippen molar-refractivity contribution in [2.75, 3.05) is 37.8 Å². The topological polar surface area (TPSA) is 115 Å². The number of hydrogen-bond acceptors (Lipinski definition) is 6. The molecule has 6 rings (SSSR count). The molecule has 44 heavy (non-hydrogen) atoms. The molecule has 0 unspecified atom stereocenters. The number of benzene rings is 2. The fraction of sp³-hybridized carbons (Fsp3) is 0.235. The minimum Gasteiger partial charge on any atom is -0.384 e. The van der Waals surface area contributed by atoms with Crippen LogP contribution < -0.4 is 10.6 Å². The zero-order valence-electron chi connectivity index (χ0n) is 25.0. The largest absolute Gasteiger partial charge is 0.384 e. The average Bonchev–Trinajstić information content (AvgIpc) is 3.63. The zero-order valence-corrected chi connectivity index (χ0v) is 25.0. The van der Waals surface area contributed by atoms with E-state index >= 15 is 0 Å². The van der Waals surface area contributed by atoms with Crippen molar-refractivity contribution in [1.29, 1.82) is 0 Å². The maximum absolute atomic E-state index is 14.7. The molecular formula is C34H35FN8O. The minimum absolute atomic E-state index is 0.0129. The summed E-state index contributed by atoms with van der Waals surface area (Å²) < 4.78 is 14.7. The number of likely N-dealkylation sites (N-methyl/N-ethyl adjacent to an activating group) is 1. The van der Waals surface area contributed by atoms with Crippen molar-refractivity contribution >= 4 is 39.1 Å². The summed E-state index contributed by atoms with van der Waals surface area (Å²) in [5.41, 5.74) is 8.07. The van der Waals surface area contributed by atoms with Crippen LogP contribution in [0, 0.1) is 5.82 Å². The van der Waals surface area contributed by atoms with Crippen LogP contribution in [0.5, 0.6) is 0 Å². The van der Waals surface area contributed by atoms with Crippen LogP contribution in [-0.4, -0.2) is 63.1 Å². The molecule has 224 valence electrons. The van der Waals surface area contributed by atoms with Crippen LogP contribution in [0.1, 0.15) is 26.2 Å². The number of nitrogens with zero attached hydrogens (tertiary/aromatic N) is 4. The monoisotopic (exact) mass is 590 g/mol. The van der Waals surface area contributed by atoms with Gasteiger partial charge in [-0.3, -0.25) is 19.9 Å². The van der Waals surface area contributed by atoms with Crippen molar-refractivity contribution in [1.82, 2.24) is 30.0 Å². The smallest absolute Gasteiger partial charge is 0.224 e. The molecule has 0 spiro atoms. The van der Waals surface area contributed by atoms with Crippen LogP contribution in [0.15, 0.2) is 73.3 Å². The molecule has 0 saturated heterocycles. The van der Waals surface area contributed by atoms with Gasteiger partial charge in [0.05, 0.1) is 34.8 Å². The first-order chi connectivity index (χ1) is 21.4. The molecular weight excluding hydrogens is 555 g/mol. The molecule has 0 saturated carbocycles. The molecule has 0 radical (unpaired) electrons. The van der Waals surface area contributed by atoms with Crippen LogP contribution in [-0.2, 0) is 4.79 Å². The van der Waals surface area contributed by atoms with E-state index in [4.69, 9.17) is 0 Å². The first-order valence-electron chi connectivity index (χ1n) is 14.8. The van der Waals surface area contributed by atoms with Gasteiger partial charge in [-0.25, -0.2) is 4.39 Å². The maximum Gasteiger partial charge on any atom is 0.224 e. The number of pyridine rings is 2. The Morgan fingerprint density at radius 1 is 0.886 bits per heavy atom. The van der Waals surface area contributed by atoms with E-state index in [-0.39, 0.29) is 11.7 Å². The second-order valence-corrected chi connectivity index (χ2v) is 11.2. The second kappa shape index (κ2) is 12.6. The van der Waals surface area contributed by atoms with Crippen LogP contribution in [0.3, 0.4) is 0 Å². The Morgan fingerprint density at radius 2 is 1.73 bits per heavy atom. The number of unbranched alkanes of at least 4 members (excludes halogenated alkanes) is 1. The van der Waals surface area contributed by atoms with Crippen molar-refractivity contribution in [3.63, 3.8) is 0 Å². The number of fused-ring (bicyclic) bond motifs is 2. The van der Waals surface area contributed by atoms with Crippen LogP contribution in [0.2, 0.25) is 0 Å². The van der Waals surface area contributed by atoms with Gasteiger partial charge in [-0.05, 0) is 74.1 Å². The molecule has 4 heterocycles. The van der Waals surface area contributed by atoms with Crippen molar-refractivity contribution in [3.05, 3.63) is 79.1 Å². The molecule has 0 fully saturated rings. The van der Waals surface area contributed by atoms with E-state index in [0.717, 1.165) is 80.5 Å². The zero-order chi connectivity index (χ0) is 30.6. The van der Waals surface area contributed by atoms with Gasteiger partial charge in [0.25, 0.3) is 0 Å². The van der Waals surface area contributed by atoms with E-state index in [1.807, 2.05) is 44.4 Å². The van der Waals surface area contributed by atoms with Gasteiger partial charge in [0.2, 0.25) is 5.91 Å². The van der Waals surface area contributed by atoms with Crippen LogP contribution in [0.4, 0.5) is 15.8 Å². The van der Waals surface area contributed by atoms with Gasteiger partial charge in [-0.1, -0.05) is 19.4 Å². The van der Waals surface area contributed by atoms with Gasteiger partial charge in [0, 0.05) is 59.5 Å². The number of aromatic nitrogens is 5. The number of carbonyl (C=O) groups is 1. The third-order valence-corrected chi connectivity index (χ3v) is 7.57. The lowest BCUT2D eigenvalue weighted by Crippen LogP contribution is -2.20. The summed E-state index contributed by atoms with van der Waals surface area (Å²) in [5, 5.41) is 15.9. The summed E-state index contributed by atoms with van der Waals surface area (Å²) in [6, 6.07) is 15.0. The van der Waals surface area contributed by atoms with E-state index in [1.165, 1.54) is 12.1 Å². The number of hydrogen-bond donors (Lipinski definition) is 4. The Kier molecular flexibility index (Phi) is 8.33. The Morgan fingerprint density at radius 3 is 2.57 bits per heavy atom. The molecule has 0 atom stereocenters. The lowest BCUT2D eigenvalue weighted by atomic mass is 10.0. The molecule has 0 aliphatic carbocycles. The number of aromatic amines is 2. The molecule has 10 heteroatoms. The average molecular weight is 591 g/mol. The second-order valence-electron chi connectivity index (χ2n) is 11.2. The van der Waals surface area contributed by atoms with E-state index in [9.17, 15) is 9.18 Å². The van der Waals surface area contributed by atoms with Gasteiger partial charge in [0.15, 0.2) is 0 Å². The highest BCUT2D eigenvalue weighted by Crippen LogP contribution is 2.36. The molecule has 4 aromatic heterocycles.